The molecule has 7 aromatic rings. The summed E-state index contributed by atoms with van der Waals surface area (Å²) >= 11 is 3.98. The fourth-order valence-electron chi connectivity index (χ4n) is 9.13. The van der Waals surface area contributed by atoms with E-state index in [-0.39, 0.29) is 0 Å². The Morgan fingerprint density at radius 3 is 2.33 bits per heavy atom. The largest absolute Gasteiger partial charge is 0.381 e. The molecule has 3 aliphatic heterocycles. The molecule has 4 heteroatoms. The van der Waals surface area contributed by atoms with E-state index in [2.05, 4.69) is 180 Å². The molecule has 4 heterocycles. The van der Waals surface area contributed by atoms with E-state index < -0.39 is 5.41 Å². The third kappa shape index (κ3) is 4.28. The van der Waals surface area contributed by atoms with E-state index in [0.29, 0.717) is 5.25 Å². The van der Waals surface area contributed by atoms with Gasteiger partial charge in [-0.05, 0) is 87.8 Å². The van der Waals surface area contributed by atoms with Crippen molar-refractivity contribution in [2.45, 2.75) is 31.8 Å². The minimum atomic E-state index is -0.415. The van der Waals surface area contributed by atoms with Gasteiger partial charge in [-0.1, -0.05) is 139 Å². The van der Waals surface area contributed by atoms with E-state index in [1.807, 2.05) is 23.5 Å². The summed E-state index contributed by atoms with van der Waals surface area (Å²) in [5.74, 6) is 0. The van der Waals surface area contributed by atoms with Gasteiger partial charge in [-0.15, -0.1) is 11.8 Å². The highest BCUT2D eigenvalue weighted by Crippen LogP contribution is 2.64. The number of nitrogens with one attached hydrogen (secondary N) is 1. The highest BCUT2D eigenvalue weighted by molar-refractivity contribution is 8.00. The summed E-state index contributed by atoms with van der Waals surface area (Å²) in [7, 11) is 0. The van der Waals surface area contributed by atoms with Crippen molar-refractivity contribution in [3.05, 3.63) is 198 Å². The van der Waals surface area contributed by atoms with Gasteiger partial charge in [-0.2, -0.15) is 0 Å². The Balaban J connectivity index is 1.24. The normalized spacial score (nSPS) is 19.7. The zero-order valence-corrected chi connectivity index (χ0v) is 30.1. The zero-order valence-electron chi connectivity index (χ0n) is 28.4. The van der Waals surface area contributed by atoms with Crippen LogP contribution < -0.4 is 5.32 Å². The predicted octanol–water partition coefficient (Wildman–Crippen LogP) is 12.1. The average molecular weight is 703 g/mol. The van der Waals surface area contributed by atoms with Crippen LogP contribution >= 0.6 is 23.5 Å². The van der Waals surface area contributed by atoms with E-state index in [0.717, 1.165) is 13.0 Å². The first-order chi connectivity index (χ1) is 25.8. The van der Waals surface area contributed by atoms with Crippen molar-refractivity contribution in [1.29, 1.82) is 0 Å². The van der Waals surface area contributed by atoms with Crippen molar-refractivity contribution in [2.75, 3.05) is 6.54 Å². The summed E-state index contributed by atoms with van der Waals surface area (Å²) in [5.41, 5.74) is 13.8. The summed E-state index contributed by atoms with van der Waals surface area (Å²) in [6.45, 7) is 0.846. The smallest absolute Gasteiger partial charge is 0.0708 e. The Bertz CT molecular complexity index is 2730. The number of nitrogens with zero attached hydrogens (tertiary/aromatic N) is 1. The molecule has 1 N–H and O–H groups in total. The van der Waals surface area contributed by atoms with E-state index >= 15 is 0 Å². The van der Waals surface area contributed by atoms with Crippen LogP contribution in [0.4, 0.5) is 0 Å². The number of benzene rings is 6. The second kappa shape index (κ2) is 11.8. The van der Waals surface area contributed by atoms with Crippen molar-refractivity contribution in [3.63, 3.8) is 0 Å². The topological polar surface area (TPSA) is 17.0 Å². The average Bonchev–Trinajstić information content (AvgIpc) is 3.56. The summed E-state index contributed by atoms with van der Waals surface area (Å²) in [6, 6.07) is 50.1. The van der Waals surface area contributed by atoms with Gasteiger partial charge in [0, 0.05) is 48.6 Å². The molecule has 1 aromatic heterocycles. The number of aromatic nitrogens is 1. The van der Waals surface area contributed by atoms with Crippen LogP contribution in [0, 0.1) is 0 Å². The molecule has 0 amide bonds. The number of hydrogen-bond acceptors (Lipinski definition) is 3. The highest BCUT2D eigenvalue weighted by atomic mass is 32.2. The minimum Gasteiger partial charge on any atom is -0.381 e. The molecular formula is C48H34N2S2. The van der Waals surface area contributed by atoms with Crippen molar-refractivity contribution < 1.29 is 0 Å². The van der Waals surface area contributed by atoms with Crippen molar-refractivity contribution in [2.24, 2.45) is 0 Å². The van der Waals surface area contributed by atoms with Gasteiger partial charge in [0.25, 0.3) is 0 Å². The molecule has 0 fully saturated rings. The molecule has 0 saturated carbocycles. The van der Waals surface area contributed by atoms with Gasteiger partial charge < -0.3 is 9.88 Å². The Labute approximate surface area is 312 Å². The van der Waals surface area contributed by atoms with Crippen molar-refractivity contribution >= 4 is 51.0 Å². The van der Waals surface area contributed by atoms with Crippen LogP contribution in [0.1, 0.15) is 28.7 Å². The maximum Gasteiger partial charge on any atom is 0.0708 e. The maximum absolute atomic E-state index is 3.62. The van der Waals surface area contributed by atoms with Gasteiger partial charge in [0.05, 0.1) is 16.4 Å². The summed E-state index contributed by atoms with van der Waals surface area (Å²) in [4.78, 5) is 4.05. The summed E-state index contributed by atoms with van der Waals surface area (Å²) < 4.78 is 2.43. The second-order valence-electron chi connectivity index (χ2n) is 13.9. The van der Waals surface area contributed by atoms with Crippen LogP contribution in [-0.4, -0.2) is 16.4 Å². The van der Waals surface area contributed by atoms with Crippen molar-refractivity contribution in [3.8, 4) is 16.8 Å². The molecule has 52 heavy (non-hydrogen) atoms. The molecule has 0 saturated heterocycles. The molecule has 2 unspecified atom stereocenters. The number of para-hydroxylation sites is 2. The van der Waals surface area contributed by atoms with Gasteiger partial charge in [0.15, 0.2) is 0 Å². The Kier molecular flexibility index (Phi) is 6.87. The molecule has 11 rings (SSSR count). The number of fused-ring (bicyclic) bond motifs is 11. The van der Waals surface area contributed by atoms with E-state index in [1.165, 1.54) is 86.8 Å². The molecule has 2 nitrogen and oxygen atoms in total. The van der Waals surface area contributed by atoms with Gasteiger partial charge in [-0.25, -0.2) is 0 Å². The van der Waals surface area contributed by atoms with Crippen LogP contribution in [0.5, 0.6) is 0 Å². The molecule has 6 aromatic carbocycles. The van der Waals surface area contributed by atoms with E-state index in [1.54, 1.807) is 0 Å². The lowest BCUT2D eigenvalue weighted by atomic mass is 9.62. The Hall–Kier alpha value is -5.42. The zero-order chi connectivity index (χ0) is 34.2. The van der Waals surface area contributed by atoms with Crippen LogP contribution in [0.25, 0.3) is 44.3 Å². The van der Waals surface area contributed by atoms with Gasteiger partial charge in [0.1, 0.15) is 0 Å². The molecular weight excluding hydrogens is 669 g/mol. The Morgan fingerprint density at radius 1 is 0.635 bits per heavy atom. The fraction of sp³-hybridized carbons (Fsp3) is 0.0833. The van der Waals surface area contributed by atoms with Crippen LogP contribution in [0.15, 0.2) is 190 Å². The number of dihydropyridines is 1. The first-order valence-electron chi connectivity index (χ1n) is 18.1. The fourth-order valence-corrected chi connectivity index (χ4v) is 11.9. The first kappa shape index (κ1) is 30.2. The Morgan fingerprint density at radius 2 is 1.40 bits per heavy atom. The standard InChI is InChI=1S/C48H34N2S2/c1-2-14-32(15-3-1)50-41-23-7-4-16-35(41)46-33(17-13-24-42(46)50)34-18-12-21-39-47(34)52-45-30-31(40-22-10-11-29-49-40)27-28-38(45)48(39)36-19-5-8-25-43(36)51-44-26-9-6-20-37(44)48/h1-25,27-28,30,44,49H,26,29H2. The molecule has 2 atom stereocenters. The number of thioether (sulfide) groups is 1. The molecule has 4 aliphatic rings. The SMILES string of the molecule is C1=CCNC(c2ccc3c(c2)Sc2c(-c4cccc5c4c4ccccc4n5-c4ccccc4)cccc2C32C3=CC=CCC3Sc3ccccc32)=C1. The third-order valence-electron chi connectivity index (χ3n) is 11.2. The van der Waals surface area contributed by atoms with Gasteiger partial charge >= 0.3 is 0 Å². The van der Waals surface area contributed by atoms with Gasteiger partial charge in [0.2, 0.25) is 0 Å². The van der Waals surface area contributed by atoms with E-state index in [4.69, 9.17) is 0 Å². The maximum atomic E-state index is 3.62. The number of rotatable bonds is 3. The molecule has 0 bridgehead atoms. The summed E-state index contributed by atoms with van der Waals surface area (Å²) in [5, 5.41) is 6.56. The number of hydrogen-bond donors (Lipinski definition) is 1. The lowest BCUT2D eigenvalue weighted by Gasteiger charge is -2.49. The monoisotopic (exact) mass is 702 g/mol. The quantitative estimate of drug-likeness (QED) is 0.198. The third-order valence-corrected chi connectivity index (χ3v) is 13.8. The van der Waals surface area contributed by atoms with Gasteiger partial charge in [-0.3, -0.25) is 0 Å². The lowest BCUT2D eigenvalue weighted by molar-refractivity contribution is 0.630. The number of allylic oxidation sites excluding steroid dienone is 5. The molecule has 1 spiro atoms. The predicted molar refractivity (Wildman–Crippen MR) is 220 cm³/mol. The molecule has 248 valence electrons. The van der Waals surface area contributed by atoms with Crippen LogP contribution in [0.2, 0.25) is 0 Å². The minimum absolute atomic E-state index is 0.368. The second-order valence-corrected chi connectivity index (χ2v) is 16.2. The van der Waals surface area contributed by atoms with Crippen LogP contribution in [-0.2, 0) is 5.41 Å². The van der Waals surface area contributed by atoms with Crippen molar-refractivity contribution in [1.82, 2.24) is 9.88 Å². The molecule has 0 radical (unpaired) electrons. The highest BCUT2D eigenvalue weighted by Gasteiger charge is 2.52. The van der Waals surface area contributed by atoms with Crippen LogP contribution in [0.3, 0.4) is 0 Å². The molecule has 1 aliphatic carbocycles. The first-order valence-corrected chi connectivity index (χ1v) is 19.8. The summed E-state index contributed by atoms with van der Waals surface area (Å²) in [6.07, 6.45) is 14.6. The van der Waals surface area contributed by atoms with E-state index in [9.17, 15) is 0 Å². The lowest BCUT2D eigenvalue weighted by Crippen LogP contribution is -2.42.